The van der Waals surface area contributed by atoms with Crippen LogP contribution in [0.15, 0.2) is 22.7 Å². The molecule has 0 aliphatic rings. The van der Waals surface area contributed by atoms with Gasteiger partial charge in [0.25, 0.3) is 0 Å². The lowest BCUT2D eigenvalue weighted by atomic mass is 10.2. The van der Waals surface area contributed by atoms with Crippen molar-refractivity contribution in [2.24, 2.45) is 0 Å². The van der Waals surface area contributed by atoms with Gasteiger partial charge in [0.2, 0.25) is 0 Å². The van der Waals surface area contributed by atoms with Crippen LogP contribution in [0.25, 0.3) is 0 Å². The van der Waals surface area contributed by atoms with Gasteiger partial charge < -0.3 is 5.32 Å². The van der Waals surface area contributed by atoms with Crippen LogP contribution in [-0.2, 0) is 0 Å². The Hall–Kier alpha value is -0.660. The number of rotatable bonds is 5. The number of anilines is 1. The zero-order valence-electron chi connectivity index (χ0n) is 9.46. The second-order valence-corrected chi connectivity index (χ2v) is 5.78. The summed E-state index contributed by atoms with van der Waals surface area (Å²) in [5.74, 6) is 2.21. The molecule has 0 radical (unpaired) electrons. The van der Waals surface area contributed by atoms with Crippen LogP contribution in [-0.4, -0.2) is 17.5 Å². The van der Waals surface area contributed by atoms with Gasteiger partial charge in [-0.05, 0) is 30.9 Å². The van der Waals surface area contributed by atoms with Crippen molar-refractivity contribution < 1.29 is 0 Å². The molecule has 16 heavy (non-hydrogen) atoms. The van der Waals surface area contributed by atoms with E-state index >= 15 is 0 Å². The molecule has 0 amide bonds. The van der Waals surface area contributed by atoms with Crippen molar-refractivity contribution in [1.29, 1.82) is 5.26 Å². The molecule has 1 rings (SSSR count). The minimum Gasteiger partial charge on any atom is -0.382 e. The first kappa shape index (κ1) is 13.4. The summed E-state index contributed by atoms with van der Waals surface area (Å²) in [4.78, 5) is 0. The number of nitrogens with one attached hydrogen (secondary N) is 1. The van der Waals surface area contributed by atoms with Gasteiger partial charge in [-0.3, -0.25) is 0 Å². The largest absolute Gasteiger partial charge is 0.382 e. The van der Waals surface area contributed by atoms with E-state index in [4.69, 9.17) is 5.26 Å². The smallest absolute Gasteiger partial charge is 0.0992 e. The van der Waals surface area contributed by atoms with E-state index in [-0.39, 0.29) is 0 Å². The lowest BCUT2D eigenvalue weighted by Gasteiger charge is -2.15. The number of hydrogen-bond donors (Lipinski definition) is 1. The summed E-state index contributed by atoms with van der Waals surface area (Å²) in [6.07, 6.45) is 0. The second kappa shape index (κ2) is 6.82. The Labute approximate surface area is 110 Å². The second-order valence-electron chi connectivity index (χ2n) is 3.55. The number of nitrogens with zero attached hydrogens (tertiary/aromatic N) is 1. The zero-order chi connectivity index (χ0) is 12.0. The van der Waals surface area contributed by atoms with Gasteiger partial charge in [0.1, 0.15) is 0 Å². The highest BCUT2D eigenvalue weighted by Crippen LogP contribution is 2.20. The van der Waals surface area contributed by atoms with E-state index in [0.29, 0.717) is 11.6 Å². The van der Waals surface area contributed by atoms with Gasteiger partial charge in [0.15, 0.2) is 0 Å². The third-order valence-corrected chi connectivity index (χ3v) is 3.61. The summed E-state index contributed by atoms with van der Waals surface area (Å²) < 4.78 is 0.935. The highest BCUT2D eigenvalue weighted by Gasteiger charge is 2.03. The molecule has 0 saturated heterocycles. The summed E-state index contributed by atoms with van der Waals surface area (Å²) in [7, 11) is 0. The maximum absolute atomic E-state index is 8.86. The molecule has 0 aromatic heterocycles. The normalized spacial score (nSPS) is 11.9. The summed E-state index contributed by atoms with van der Waals surface area (Å²) in [6.45, 7) is 4.31. The van der Waals surface area contributed by atoms with Crippen molar-refractivity contribution in [2.45, 2.75) is 19.9 Å². The third-order valence-electron chi connectivity index (χ3n) is 2.01. The summed E-state index contributed by atoms with van der Waals surface area (Å²) in [5.41, 5.74) is 1.67. The zero-order valence-corrected chi connectivity index (χ0v) is 11.9. The topological polar surface area (TPSA) is 35.8 Å². The molecular formula is C12H15BrN2S. The first-order valence-corrected chi connectivity index (χ1v) is 7.15. The molecule has 0 fully saturated rings. The fraction of sp³-hybridized carbons (Fsp3) is 0.417. The lowest BCUT2D eigenvalue weighted by Crippen LogP contribution is -2.18. The molecular weight excluding hydrogens is 284 g/mol. The SMILES string of the molecule is CCSCC(C)Nc1cc(Br)cc(C#N)c1. The molecule has 1 N–H and O–H groups in total. The van der Waals surface area contributed by atoms with Crippen molar-refractivity contribution >= 4 is 33.4 Å². The van der Waals surface area contributed by atoms with Gasteiger partial charge in [-0.25, -0.2) is 0 Å². The predicted octanol–water partition coefficient (Wildman–Crippen LogP) is 3.87. The van der Waals surface area contributed by atoms with Crippen molar-refractivity contribution in [1.82, 2.24) is 0 Å². The Morgan fingerprint density at radius 1 is 1.50 bits per heavy atom. The van der Waals surface area contributed by atoms with Gasteiger partial charge in [-0.15, -0.1) is 0 Å². The van der Waals surface area contributed by atoms with Crippen molar-refractivity contribution in [3.8, 4) is 6.07 Å². The predicted molar refractivity (Wildman–Crippen MR) is 74.9 cm³/mol. The molecule has 1 aromatic carbocycles. The number of thioether (sulfide) groups is 1. The molecule has 1 unspecified atom stereocenters. The highest BCUT2D eigenvalue weighted by atomic mass is 79.9. The van der Waals surface area contributed by atoms with Gasteiger partial charge in [0, 0.05) is 22.0 Å². The molecule has 0 aliphatic carbocycles. The Balaban J connectivity index is 2.66. The van der Waals surface area contributed by atoms with E-state index in [1.807, 2.05) is 30.0 Å². The third kappa shape index (κ3) is 4.46. The number of hydrogen-bond acceptors (Lipinski definition) is 3. The van der Waals surface area contributed by atoms with Crippen molar-refractivity contribution in [3.63, 3.8) is 0 Å². The van der Waals surface area contributed by atoms with Gasteiger partial charge >= 0.3 is 0 Å². The molecule has 0 aliphatic heterocycles. The summed E-state index contributed by atoms with van der Waals surface area (Å²) in [6, 6.07) is 8.24. The van der Waals surface area contributed by atoms with Crippen LogP contribution >= 0.6 is 27.7 Å². The van der Waals surface area contributed by atoms with Crippen LogP contribution in [0.4, 0.5) is 5.69 Å². The Kier molecular flexibility index (Phi) is 5.72. The Bertz CT molecular complexity index is 387. The minimum atomic E-state index is 0.408. The van der Waals surface area contributed by atoms with Crippen LogP contribution in [0.2, 0.25) is 0 Å². The number of benzene rings is 1. The Morgan fingerprint density at radius 2 is 2.25 bits per heavy atom. The van der Waals surface area contributed by atoms with Crippen LogP contribution in [0.3, 0.4) is 0 Å². The molecule has 0 saturated carbocycles. The first-order valence-electron chi connectivity index (χ1n) is 5.20. The monoisotopic (exact) mass is 298 g/mol. The van der Waals surface area contributed by atoms with Crippen LogP contribution in [0.1, 0.15) is 19.4 Å². The molecule has 86 valence electrons. The van der Waals surface area contributed by atoms with E-state index in [1.54, 1.807) is 0 Å². The van der Waals surface area contributed by atoms with Gasteiger partial charge in [0.05, 0.1) is 11.6 Å². The van der Waals surface area contributed by atoms with Gasteiger partial charge in [-0.2, -0.15) is 17.0 Å². The van der Waals surface area contributed by atoms with Crippen LogP contribution in [0, 0.1) is 11.3 Å². The van der Waals surface area contributed by atoms with E-state index in [1.165, 1.54) is 0 Å². The summed E-state index contributed by atoms with van der Waals surface area (Å²) in [5, 5.41) is 12.2. The highest BCUT2D eigenvalue weighted by molar-refractivity contribution is 9.10. The maximum Gasteiger partial charge on any atom is 0.0992 e. The number of halogens is 1. The molecule has 0 bridgehead atoms. The average molecular weight is 299 g/mol. The van der Waals surface area contributed by atoms with E-state index < -0.39 is 0 Å². The quantitative estimate of drug-likeness (QED) is 0.896. The van der Waals surface area contributed by atoms with Crippen LogP contribution < -0.4 is 5.32 Å². The van der Waals surface area contributed by atoms with E-state index in [0.717, 1.165) is 21.7 Å². The standard InChI is InChI=1S/C12H15BrN2S/c1-3-16-8-9(2)15-12-5-10(7-14)4-11(13)6-12/h4-6,9,15H,3,8H2,1-2H3. The fourth-order valence-corrected chi connectivity index (χ4v) is 2.52. The lowest BCUT2D eigenvalue weighted by molar-refractivity contribution is 0.913. The summed E-state index contributed by atoms with van der Waals surface area (Å²) >= 11 is 5.31. The molecule has 2 nitrogen and oxygen atoms in total. The average Bonchev–Trinajstić information content (AvgIpc) is 2.25. The Morgan fingerprint density at radius 3 is 2.88 bits per heavy atom. The first-order chi connectivity index (χ1) is 7.65. The fourth-order valence-electron chi connectivity index (χ4n) is 1.36. The molecule has 4 heteroatoms. The van der Waals surface area contributed by atoms with E-state index in [9.17, 15) is 0 Å². The molecule has 0 heterocycles. The molecule has 0 spiro atoms. The van der Waals surface area contributed by atoms with E-state index in [2.05, 4.69) is 41.2 Å². The van der Waals surface area contributed by atoms with Gasteiger partial charge in [-0.1, -0.05) is 22.9 Å². The van der Waals surface area contributed by atoms with Crippen molar-refractivity contribution in [2.75, 3.05) is 16.8 Å². The number of nitriles is 1. The minimum absolute atomic E-state index is 0.408. The van der Waals surface area contributed by atoms with Crippen molar-refractivity contribution in [3.05, 3.63) is 28.2 Å². The molecule has 1 aromatic rings. The maximum atomic E-state index is 8.86. The molecule has 1 atom stereocenters. The van der Waals surface area contributed by atoms with Crippen LogP contribution in [0.5, 0.6) is 0 Å².